The minimum Gasteiger partial charge on any atom is -0.495 e. The van der Waals surface area contributed by atoms with Crippen molar-refractivity contribution in [3.63, 3.8) is 0 Å². The van der Waals surface area contributed by atoms with Crippen molar-refractivity contribution < 1.29 is 19.0 Å². The number of piperazine rings is 1. The van der Waals surface area contributed by atoms with E-state index < -0.39 is 11.4 Å². The summed E-state index contributed by atoms with van der Waals surface area (Å²) in [4.78, 5) is 26.0. The highest BCUT2D eigenvalue weighted by molar-refractivity contribution is 6.01. The van der Waals surface area contributed by atoms with E-state index in [0.717, 1.165) is 49.2 Å². The molecule has 1 amide bonds. The van der Waals surface area contributed by atoms with Gasteiger partial charge in [0, 0.05) is 49.6 Å². The second kappa shape index (κ2) is 10.2. The van der Waals surface area contributed by atoms with Crippen molar-refractivity contribution in [1.29, 1.82) is 0 Å². The molecule has 1 saturated heterocycles. The number of nitrogens with one attached hydrogen (secondary N) is 2. The molecule has 3 heterocycles. The van der Waals surface area contributed by atoms with E-state index in [9.17, 15) is 9.90 Å². The second-order valence-corrected chi connectivity index (χ2v) is 10.3. The second-order valence-electron chi connectivity index (χ2n) is 10.3. The molecule has 0 unspecified atom stereocenters. The normalized spacial score (nSPS) is 16.8. The topological polar surface area (TPSA) is 103 Å². The van der Waals surface area contributed by atoms with Gasteiger partial charge in [-0.05, 0) is 68.8 Å². The number of hydrogen-bond donors (Lipinski definition) is 3. The van der Waals surface area contributed by atoms with Crippen molar-refractivity contribution in [2.75, 3.05) is 57.2 Å². The maximum Gasteiger partial charge on any atom is 0.252 e. The largest absolute Gasteiger partial charge is 0.495 e. The number of anilines is 3. The number of methoxy groups -OCH3 is 1. The van der Waals surface area contributed by atoms with Crippen LogP contribution >= 0.6 is 0 Å². The molecule has 0 atom stereocenters. The molecule has 0 aliphatic carbocycles. The van der Waals surface area contributed by atoms with Crippen LogP contribution in [0.3, 0.4) is 0 Å². The monoisotopic (exact) mass is 520 g/mol. The van der Waals surface area contributed by atoms with Crippen molar-refractivity contribution in [2.24, 2.45) is 0 Å². The summed E-state index contributed by atoms with van der Waals surface area (Å²) in [6.07, 6.45) is 1.45. The highest BCUT2D eigenvalue weighted by Crippen LogP contribution is 2.38. The average molecular weight is 521 g/mol. The number of fused-ring (bicyclic) bond motifs is 1. The van der Waals surface area contributed by atoms with Crippen LogP contribution in [0.1, 0.15) is 35.3 Å². The van der Waals surface area contributed by atoms with Crippen molar-refractivity contribution >= 4 is 23.2 Å². The van der Waals surface area contributed by atoms with Gasteiger partial charge in [0.1, 0.15) is 11.4 Å². The van der Waals surface area contributed by atoms with Crippen LogP contribution in [0.2, 0.25) is 0 Å². The predicted octanol–water partition coefficient (Wildman–Crippen LogP) is 3.30. The third kappa shape index (κ3) is 4.89. The molecule has 2 aliphatic heterocycles. The number of benzene rings is 2. The van der Waals surface area contributed by atoms with Gasteiger partial charge in [-0.15, -0.1) is 0 Å². The summed E-state index contributed by atoms with van der Waals surface area (Å²) in [5.74, 6) is -0.0335. The summed E-state index contributed by atoms with van der Waals surface area (Å²) in [6, 6.07) is 9.34. The zero-order valence-electron chi connectivity index (χ0n) is 22.1. The van der Waals surface area contributed by atoms with Crippen molar-refractivity contribution in [3.8, 4) is 17.0 Å². The number of carbonyl (C=O) groups is 1. The van der Waals surface area contributed by atoms with Gasteiger partial charge in [-0.25, -0.2) is 14.4 Å². The number of ether oxygens (including phenoxy) is 1. The van der Waals surface area contributed by atoms with Crippen LogP contribution in [-0.2, 0) is 12.0 Å². The molecule has 0 saturated carbocycles. The lowest BCUT2D eigenvalue weighted by atomic mass is 9.86. The first-order chi connectivity index (χ1) is 18.2. The Morgan fingerprint density at radius 1 is 1.18 bits per heavy atom. The number of carbonyl (C=O) groups excluding carboxylic acids is 1. The van der Waals surface area contributed by atoms with Gasteiger partial charge in [0.05, 0.1) is 24.5 Å². The van der Waals surface area contributed by atoms with Crippen molar-refractivity contribution in [3.05, 3.63) is 59.0 Å². The Hall–Kier alpha value is -3.76. The molecule has 200 valence electrons. The van der Waals surface area contributed by atoms with E-state index in [1.54, 1.807) is 19.2 Å². The van der Waals surface area contributed by atoms with Crippen LogP contribution in [0, 0.1) is 5.82 Å². The summed E-state index contributed by atoms with van der Waals surface area (Å²) in [5, 5.41) is 15.8. The molecule has 3 aromatic rings. The van der Waals surface area contributed by atoms with E-state index >= 15 is 4.39 Å². The van der Waals surface area contributed by atoms with E-state index in [0.29, 0.717) is 29.0 Å². The Kier molecular flexibility index (Phi) is 6.93. The fourth-order valence-corrected chi connectivity index (χ4v) is 5.29. The molecule has 2 aromatic carbocycles. The number of aromatic nitrogens is 2. The zero-order valence-corrected chi connectivity index (χ0v) is 22.1. The van der Waals surface area contributed by atoms with Gasteiger partial charge in [-0.1, -0.05) is 0 Å². The minimum absolute atomic E-state index is 0.0659. The highest BCUT2D eigenvalue weighted by Gasteiger charge is 2.37. The molecule has 2 aliphatic rings. The summed E-state index contributed by atoms with van der Waals surface area (Å²) in [7, 11) is 3.70. The summed E-state index contributed by atoms with van der Waals surface area (Å²) >= 11 is 0. The summed E-state index contributed by atoms with van der Waals surface area (Å²) in [5.41, 5.74) is 3.69. The first kappa shape index (κ1) is 25.9. The van der Waals surface area contributed by atoms with Crippen LogP contribution in [0.5, 0.6) is 5.75 Å². The Bertz CT molecular complexity index is 1370. The van der Waals surface area contributed by atoms with Gasteiger partial charge in [0.15, 0.2) is 5.82 Å². The quantitative estimate of drug-likeness (QED) is 0.436. The third-order valence-electron chi connectivity index (χ3n) is 7.21. The van der Waals surface area contributed by atoms with Crippen LogP contribution in [-0.4, -0.2) is 72.8 Å². The number of nitrogens with zero attached hydrogens (tertiary/aromatic N) is 4. The fraction of sp³-hybridized carbons (Fsp3) is 0.393. The number of rotatable bonds is 7. The zero-order chi connectivity index (χ0) is 27.0. The summed E-state index contributed by atoms with van der Waals surface area (Å²) in [6.45, 7) is 7.52. The third-order valence-corrected chi connectivity index (χ3v) is 7.21. The van der Waals surface area contributed by atoms with Gasteiger partial charge >= 0.3 is 0 Å². The molecule has 1 aromatic heterocycles. The Labute approximate surface area is 221 Å². The molecule has 0 bridgehead atoms. The van der Waals surface area contributed by atoms with Crippen LogP contribution in [0.25, 0.3) is 11.3 Å². The van der Waals surface area contributed by atoms with E-state index in [1.807, 2.05) is 32.0 Å². The first-order valence-electron chi connectivity index (χ1n) is 12.7. The standard InChI is InChI=1S/C28H33FN6O3/c1-28(2)24-17(7-12-36)13-18(14-20(24)26(37)33-28)25-21(29)16-30-27(32-25)31-22-15-19(5-6-23(22)38-4)35-10-8-34(3)9-11-35/h5-6,13-16,36H,7-12H2,1-4H3,(H,33,37)(H,30,31,32). The van der Waals surface area contributed by atoms with Crippen LogP contribution < -0.4 is 20.3 Å². The number of amides is 1. The molecule has 10 heteroatoms. The number of hydrogen-bond acceptors (Lipinski definition) is 8. The van der Waals surface area contributed by atoms with Crippen LogP contribution in [0.15, 0.2) is 36.5 Å². The fourth-order valence-electron chi connectivity index (χ4n) is 5.29. The Morgan fingerprint density at radius 2 is 1.95 bits per heavy atom. The lowest BCUT2D eigenvalue weighted by molar-refractivity contribution is 0.0940. The van der Waals surface area contributed by atoms with Crippen LogP contribution in [0.4, 0.5) is 21.7 Å². The molecule has 0 radical (unpaired) electrons. The lowest BCUT2D eigenvalue weighted by Gasteiger charge is -2.34. The van der Waals surface area contributed by atoms with Gasteiger partial charge in [0.25, 0.3) is 5.91 Å². The number of likely N-dealkylation sites (N-methyl/N-ethyl adjacent to an activating group) is 1. The van der Waals surface area contributed by atoms with E-state index in [1.165, 1.54) is 0 Å². The smallest absolute Gasteiger partial charge is 0.252 e. The first-order valence-corrected chi connectivity index (χ1v) is 12.7. The SMILES string of the molecule is COc1ccc(N2CCN(C)CC2)cc1Nc1ncc(F)c(-c2cc(CCO)c3c(c2)C(=O)NC3(C)C)n1. The molecular weight excluding hydrogens is 487 g/mol. The summed E-state index contributed by atoms with van der Waals surface area (Å²) < 4.78 is 20.6. The Balaban J connectivity index is 1.50. The van der Waals surface area contributed by atoms with E-state index in [4.69, 9.17) is 4.74 Å². The van der Waals surface area contributed by atoms with Gasteiger partial charge in [0.2, 0.25) is 5.95 Å². The molecule has 0 spiro atoms. The number of aliphatic hydroxyl groups excluding tert-OH is 1. The number of aliphatic hydroxyl groups is 1. The maximum absolute atomic E-state index is 15.1. The predicted molar refractivity (Wildman–Crippen MR) is 145 cm³/mol. The van der Waals surface area contributed by atoms with Gasteiger partial charge in [-0.2, -0.15) is 0 Å². The van der Waals surface area contributed by atoms with Crippen molar-refractivity contribution in [2.45, 2.75) is 25.8 Å². The lowest BCUT2D eigenvalue weighted by Crippen LogP contribution is -2.44. The molecule has 5 rings (SSSR count). The molecule has 3 N–H and O–H groups in total. The van der Waals surface area contributed by atoms with Crippen molar-refractivity contribution in [1.82, 2.24) is 20.2 Å². The highest BCUT2D eigenvalue weighted by atomic mass is 19.1. The molecule has 1 fully saturated rings. The average Bonchev–Trinajstić information content (AvgIpc) is 3.13. The molecular formula is C28H33FN6O3. The molecule has 38 heavy (non-hydrogen) atoms. The molecule has 9 nitrogen and oxygen atoms in total. The van der Waals surface area contributed by atoms with E-state index in [2.05, 4.69) is 37.4 Å². The van der Waals surface area contributed by atoms with Gasteiger partial charge in [-0.3, -0.25) is 4.79 Å². The van der Waals surface area contributed by atoms with E-state index in [-0.39, 0.29) is 24.2 Å². The van der Waals surface area contributed by atoms with Gasteiger partial charge < -0.3 is 30.3 Å². The minimum atomic E-state index is -0.610. The Morgan fingerprint density at radius 3 is 2.66 bits per heavy atom. The number of halogens is 1. The maximum atomic E-state index is 15.1.